The van der Waals surface area contributed by atoms with E-state index in [-0.39, 0.29) is 12.8 Å². The number of hydrogen-bond acceptors (Lipinski definition) is 5. The van der Waals surface area contributed by atoms with E-state index in [1.165, 1.54) is 12.2 Å². The van der Waals surface area contributed by atoms with Crippen LogP contribution in [0.1, 0.15) is 43.7 Å². The first-order chi connectivity index (χ1) is 11.6. The molecule has 5 N–H and O–H groups in total. The minimum atomic E-state index is -3.30. The molecule has 0 aliphatic carbocycles. The van der Waals surface area contributed by atoms with Crippen LogP contribution < -0.4 is 11.1 Å². The third-order valence-electron chi connectivity index (χ3n) is 3.86. The fourth-order valence-electron chi connectivity index (χ4n) is 2.35. The molecule has 0 aliphatic heterocycles. The quantitative estimate of drug-likeness (QED) is 0.284. The predicted octanol–water partition coefficient (Wildman–Crippen LogP) is 2.08. The number of nitrogens with two attached hydrogens (primary N) is 1. The van der Waals surface area contributed by atoms with E-state index in [9.17, 15) is 19.5 Å². The summed E-state index contributed by atoms with van der Waals surface area (Å²) in [7, 11) is -3.30. The van der Waals surface area contributed by atoms with Crippen LogP contribution in [0.5, 0.6) is 0 Å². The number of hydroxylamine groups is 2. The minimum absolute atomic E-state index is 0.0565. The fraction of sp³-hybridized carbons (Fsp3) is 0.588. The highest BCUT2D eigenvalue weighted by molar-refractivity contribution is 7.57. The number of nitrogens with one attached hydrogen (secondary N) is 1. The molecule has 1 aromatic rings. The summed E-state index contributed by atoms with van der Waals surface area (Å²) in [6.45, 7) is 5.87. The molecule has 2 unspecified atom stereocenters. The van der Waals surface area contributed by atoms with Crippen molar-refractivity contribution in [2.24, 2.45) is 5.73 Å². The van der Waals surface area contributed by atoms with Gasteiger partial charge in [-0.2, -0.15) is 0 Å². The van der Waals surface area contributed by atoms with Crippen LogP contribution in [-0.2, 0) is 15.9 Å². The molecule has 1 rings (SSSR count). The van der Waals surface area contributed by atoms with Crippen molar-refractivity contribution in [2.75, 3.05) is 19.5 Å². The Morgan fingerprint density at radius 1 is 1.32 bits per heavy atom. The van der Waals surface area contributed by atoms with Gasteiger partial charge >= 0.3 is 0 Å². The third-order valence-corrected chi connectivity index (χ3v) is 4.63. The maximum Gasteiger partial charge on any atom is 0.263 e. The summed E-state index contributed by atoms with van der Waals surface area (Å²) in [5.41, 5.74) is 7.47. The Morgan fingerprint density at radius 3 is 2.40 bits per heavy atom. The molecule has 0 bridgehead atoms. The zero-order chi connectivity index (χ0) is 19.0. The number of nitrogens with zero attached hydrogens (tertiary/aromatic N) is 1. The van der Waals surface area contributed by atoms with Crippen molar-refractivity contribution in [1.82, 2.24) is 10.4 Å². The maximum atomic E-state index is 12.4. The Labute approximate surface area is 149 Å². The highest BCUT2D eigenvalue weighted by Crippen LogP contribution is 2.33. The molecule has 2 atom stereocenters. The molecule has 25 heavy (non-hydrogen) atoms. The molecule has 0 aliphatic rings. The van der Waals surface area contributed by atoms with Crippen molar-refractivity contribution in [1.29, 1.82) is 0 Å². The standard InChI is InChI=1S/C17H30N3O4P/c1-13(2)15-8-6-14(7-9-15)11-20(22)17(21)16(5-4-10-18)19-12-25(3,23)24/h6-9,13,16,19,22H,4-5,10-12,18H2,1-3H3,(H,23,24). The topological polar surface area (TPSA) is 116 Å². The van der Waals surface area contributed by atoms with Crippen LogP contribution in [0.3, 0.4) is 0 Å². The second kappa shape index (κ2) is 10.0. The van der Waals surface area contributed by atoms with Crippen LogP contribution >= 0.6 is 7.37 Å². The minimum Gasteiger partial charge on any atom is -0.344 e. The molecule has 1 aromatic carbocycles. The number of amides is 1. The van der Waals surface area contributed by atoms with Crippen molar-refractivity contribution in [3.05, 3.63) is 35.4 Å². The third kappa shape index (κ3) is 8.12. The zero-order valence-electron chi connectivity index (χ0n) is 15.2. The van der Waals surface area contributed by atoms with Gasteiger partial charge in [-0.25, -0.2) is 5.06 Å². The van der Waals surface area contributed by atoms with Gasteiger partial charge in [-0.3, -0.25) is 19.9 Å². The van der Waals surface area contributed by atoms with Gasteiger partial charge in [0.2, 0.25) is 7.37 Å². The van der Waals surface area contributed by atoms with Crippen molar-refractivity contribution < 1.29 is 19.5 Å². The van der Waals surface area contributed by atoms with Crippen molar-refractivity contribution >= 4 is 13.3 Å². The summed E-state index contributed by atoms with van der Waals surface area (Å²) in [6, 6.07) is 6.96. The second-order valence-electron chi connectivity index (χ2n) is 6.69. The van der Waals surface area contributed by atoms with Crippen LogP contribution in [0.15, 0.2) is 24.3 Å². The molecule has 1 amide bonds. The number of hydrogen-bond donors (Lipinski definition) is 4. The van der Waals surface area contributed by atoms with Crippen molar-refractivity contribution in [2.45, 2.75) is 45.2 Å². The predicted molar refractivity (Wildman–Crippen MR) is 98.7 cm³/mol. The molecule has 7 nitrogen and oxygen atoms in total. The summed E-state index contributed by atoms with van der Waals surface area (Å²) in [5.74, 6) is -0.121. The Balaban J connectivity index is 2.72. The van der Waals surface area contributed by atoms with Gasteiger partial charge in [0.05, 0.1) is 18.9 Å². The molecule has 142 valence electrons. The molecule has 8 heteroatoms. The lowest BCUT2D eigenvalue weighted by Crippen LogP contribution is -2.45. The lowest BCUT2D eigenvalue weighted by atomic mass is 10.0. The Kier molecular flexibility index (Phi) is 8.76. The average Bonchev–Trinajstić information content (AvgIpc) is 2.54. The van der Waals surface area contributed by atoms with Crippen molar-refractivity contribution in [3.8, 4) is 0 Å². The summed E-state index contributed by atoms with van der Waals surface area (Å²) < 4.78 is 11.4. The van der Waals surface area contributed by atoms with Gasteiger partial charge in [-0.05, 0) is 36.4 Å². The molecular weight excluding hydrogens is 341 g/mol. The van der Waals surface area contributed by atoms with Crippen LogP contribution in [0.4, 0.5) is 0 Å². The van der Waals surface area contributed by atoms with Gasteiger partial charge < -0.3 is 10.6 Å². The van der Waals surface area contributed by atoms with Gasteiger partial charge in [0.1, 0.15) is 0 Å². The van der Waals surface area contributed by atoms with Gasteiger partial charge in [-0.1, -0.05) is 38.1 Å². The summed E-state index contributed by atoms with van der Waals surface area (Å²) in [4.78, 5) is 21.8. The van der Waals surface area contributed by atoms with Gasteiger partial charge in [0.15, 0.2) is 0 Å². The van der Waals surface area contributed by atoms with E-state index in [0.717, 1.165) is 5.56 Å². The normalized spacial score (nSPS) is 15.0. The van der Waals surface area contributed by atoms with E-state index in [1.807, 2.05) is 24.3 Å². The first kappa shape index (κ1) is 21.8. The number of carbonyl (C=O) groups excluding carboxylic acids is 1. The molecular formula is C17H30N3O4P. The van der Waals surface area contributed by atoms with E-state index >= 15 is 0 Å². The maximum absolute atomic E-state index is 12.4. The van der Waals surface area contributed by atoms with Crippen LogP contribution in [0.2, 0.25) is 0 Å². The smallest absolute Gasteiger partial charge is 0.263 e. The van der Waals surface area contributed by atoms with E-state index in [0.29, 0.717) is 30.4 Å². The largest absolute Gasteiger partial charge is 0.344 e. The van der Waals surface area contributed by atoms with Crippen LogP contribution in [0, 0.1) is 0 Å². The lowest BCUT2D eigenvalue weighted by Gasteiger charge is -2.23. The first-order valence-corrected chi connectivity index (χ1v) is 10.7. The lowest BCUT2D eigenvalue weighted by molar-refractivity contribution is -0.170. The van der Waals surface area contributed by atoms with Crippen molar-refractivity contribution in [3.63, 3.8) is 0 Å². The molecule has 0 fully saturated rings. The van der Waals surface area contributed by atoms with Gasteiger partial charge in [0, 0.05) is 6.66 Å². The van der Waals surface area contributed by atoms with E-state index in [2.05, 4.69) is 19.2 Å². The van der Waals surface area contributed by atoms with Crippen LogP contribution in [-0.4, -0.2) is 46.6 Å². The second-order valence-corrected chi connectivity index (χ2v) is 9.11. The van der Waals surface area contributed by atoms with E-state index in [1.54, 1.807) is 0 Å². The number of carbonyl (C=O) groups is 1. The molecule has 0 saturated heterocycles. The van der Waals surface area contributed by atoms with E-state index in [4.69, 9.17) is 5.73 Å². The Hall–Kier alpha value is -1.24. The SMILES string of the molecule is CC(C)c1ccc(CN(O)C(=O)C(CCCN)NCP(C)(=O)O)cc1. The number of benzene rings is 1. The van der Waals surface area contributed by atoms with Gasteiger partial charge in [-0.15, -0.1) is 0 Å². The molecule has 0 spiro atoms. The first-order valence-electron chi connectivity index (χ1n) is 8.46. The highest BCUT2D eigenvalue weighted by atomic mass is 31.2. The summed E-state index contributed by atoms with van der Waals surface area (Å²) in [6.07, 6.45) is 0.767. The Morgan fingerprint density at radius 2 is 1.92 bits per heavy atom. The summed E-state index contributed by atoms with van der Waals surface area (Å²) >= 11 is 0. The average molecular weight is 371 g/mol. The monoisotopic (exact) mass is 371 g/mol. The summed E-state index contributed by atoms with van der Waals surface area (Å²) in [5, 5.41) is 13.5. The van der Waals surface area contributed by atoms with E-state index < -0.39 is 19.3 Å². The molecule has 0 aromatic heterocycles. The highest BCUT2D eigenvalue weighted by Gasteiger charge is 2.25. The molecule has 0 heterocycles. The van der Waals surface area contributed by atoms with Gasteiger partial charge in [0.25, 0.3) is 5.91 Å². The van der Waals surface area contributed by atoms with Crippen LogP contribution in [0.25, 0.3) is 0 Å². The number of rotatable bonds is 10. The Bertz CT molecular complexity index is 586. The fourth-order valence-corrected chi connectivity index (χ4v) is 2.91. The molecule has 0 saturated carbocycles. The molecule has 0 radical (unpaired) electrons. The zero-order valence-corrected chi connectivity index (χ0v) is 16.1.